The molecule has 0 heterocycles. The highest BCUT2D eigenvalue weighted by Gasteiger charge is 2.14. The molecule has 4 aromatic rings. The highest BCUT2D eigenvalue weighted by Crippen LogP contribution is 2.27. The van der Waals surface area contributed by atoms with Crippen LogP contribution in [0.15, 0.2) is 114 Å². The Morgan fingerprint density at radius 3 is 2.00 bits per heavy atom. The number of unbranched alkanes of at least 4 members (excludes halogenated alkanes) is 1. The zero-order chi connectivity index (χ0) is 43.8. The minimum atomic E-state index is -0.587. The van der Waals surface area contributed by atoms with Crippen LogP contribution in [0.3, 0.4) is 0 Å². The number of aryl methyl sites for hydroxylation is 1. The summed E-state index contributed by atoms with van der Waals surface area (Å²) >= 11 is 0. The van der Waals surface area contributed by atoms with Gasteiger partial charge in [0.15, 0.2) is 0 Å². The van der Waals surface area contributed by atoms with Crippen LogP contribution in [0.4, 0.5) is 16.2 Å². The molecule has 0 fully saturated rings. The van der Waals surface area contributed by atoms with Gasteiger partial charge in [-0.15, -0.1) is 0 Å². The Bertz CT molecular complexity index is 2080. The van der Waals surface area contributed by atoms with Crippen LogP contribution in [0.5, 0.6) is 17.2 Å². The standard InChI is InChI=1S/C46H51N3O12/c1-5-32(3)43(51)58-26-8-7-25-56-39-18-11-35(12-19-39)44(52)60-40-20-13-36(14-21-40)45(53)61-41-22-17-38(31-33(41)4)49-48-37-15-9-34(10-16-37)23-27-59-46(54)47-24-28-55-29-30-57-42(50)6-2/h6,9-22,31-32H,2,5,7-8,23-30H2,1,3-4H3,(H,47,54). The normalized spacial score (nSPS) is 11.3. The van der Waals surface area contributed by atoms with E-state index >= 15 is 0 Å². The fourth-order valence-electron chi connectivity index (χ4n) is 5.10. The second-order valence-corrected chi connectivity index (χ2v) is 13.5. The molecule has 61 heavy (non-hydrogen) atoms. The number of carbonyl (C=O) groups is 5. The van der Waals surface area contributed by atoms with E-state index < -0.39 is 24.0 Å². The molecule has 1 atom stereocenters. The van der Waals surface area contributed by atoms with Crippen LogP contribution in [0.2, 0.25) is 0 Å². The number of rotatable bonds is 24. The van der Waals surface area contributed by atoms with Crippen LogP contribution in [0.25, 0.3) is 0 Å². The molecule has 0 saturated carbocycles. The Morgan fingerprint density at radius 1 is 0.689 bits per heavy atom. The van der Waals surface area contributed by atoms with E-state index in [1.807, 2.05) is 26.0 Å². The molecule has 0 radical (unpaired) electrons. The Labute approximate surface area is 355 Å². The number of hydrogen-bond donors (Lipinski definition) is 1. The van der Waals surface area contributed by atoms with E-state index in [4.69, 9.17) is 33.2 Å². The van der Waals surface area contributed by atoms with Crippen LogP contribution < -0.4 is 19.5 Å². The monoisotopic (exact) mass is 837 g/mol. The molecular weight excluding hydrogens is 787 g/mol. The molecule has 0 aliphatic rings. The lowest BCUT2D eigenvalue weighted by molar-refractivity contribution is -0.148. The van der Waals surface area contributed by atoms with Crippen LogP contribution >= 0.6 is 0 Å². The average molecular weight is 838 g/mol. The Balaban J connectivity index is 1.13. The smallest absolute Gasteiger partial charge is 0.407 e. The minimum Gasteiger partial charge on any atom is -0.494 e. The topological polar surface area (TPSA) is 187 Å². The molecule has 0 bridgehead atoms. The second-order valence-electron chi connectivity index (χ2n) is 13.5. The number of ether oxygens (including phenoxy) is 7. The Kier molecular flexibility index (Phi) is 19.6. The summed E-state index contributed by atoms with van der Waals surface area (Å²) in [5.41, 5.74) is 3.39. The summed E-state index contributed by atoms with van der Waals surface area (Å²) in [5, 5.41) is 11.2. The van der Waals surface area contributed by atoms with E-state index in [0.717, 1.165) is 18.1 Å². The molecule has 1 amide bonds. The predicted molar refractivity (Wildman–Crippen MR) is 225 cm³/mol. The lowest BCUT2D eigenvalue weighted by atomic mass is 10.1. The molecule has 1 unspecified atom stereocenters. The van der Waals surface area contributed by atoms with Gasteiger partial charge in [-0.05, 0) is 116 Å². The number of amides is 1. The van der Waals surface area contributed by atoms with E-state index in [1.54, 1.807) is 61.5 Å². The molecule has 4 rings (SSSR count). The van der Waals surface area contributed by atoms with Gasteiger partial charge in [0.25, 0.3) is 0 Å². The van der Waals surface area contributed by atoms with Gasteiger partial charge >= 0.3 is 30.0 Å². The van der Waals surface area contributed by atoms with Crippen LogP contribution in [-0.2, 0) is 35.0 Å². The number of esters is 4. The minimum absolute atomic E-state index is 0.0997. The molecule has 0 aliphatic carbocycles. The van der Waals surface area contributed by atoms with Gasteiger partial charge in [-0.25, -0.2) is 19.2 Å². The lowest BCUT2D eigenvalue weighted by Crippen LogP contribution is -2.28. The van der Waals surface area contributed by atoms with Crippen LogP contribution in [0, 0.1) is 12.8 Å². The fraction of sp³-hybridized carbons (Fsp3) is 0.326. The van der Waals surface area contributed by atoms with Crippen molar-refractivity contribution in [2.75, 3.05) is 46.2 Å². The van der Waals surface area contributed by atoms with Crippen molar-refractivity contribution >= 4 is 41.3 Å². The maximum absolute atomic E-state index is 12.9. The first-order valence-electron chi connectivity index (χ1n) is 19.9. The summed E-state index contributed by atoms with van der Waals surface area (Å²) in [6.45, 7) is 10.7. The van der Waals surface area contributed by atoms with Gasteiger partial charge in [0.1, 0.15) is 23.9 Å². The highest BCUT2D eigenvalue weighted by atomic mass is 16.6. The van der Waals surface area contributed by atoms with Crippen LogP contribution in [0.1, 0.15) is 65.0 Å². The highest BCUT2D eigenvalue weighted by molar-refractivity contribution is 5.93. The molecule has 1 N–H and O–H groups in total. The Hall–Kier alpha value is -6.87. The number of benzene rings is 4. The van der Waals surface area contributed by atoms with Crippen molar-refractivity contribution in [3.8, 4) is 17.2 Å². The second kappa shape index (κ2) is 25.6. The third-order valence-electron chi connectivity index (χ3n) is 8.81. The third kappa shape index (κ3) is 17.1. The van der Waals surface area contributed by atoms with Gasteiger partial charge < -0.3 is 38.5 Å². The summed E-state index contributed by atoms with van der Waals surface area (Å²) < 4.78 is 37.3. The number of hydrogen-bond acceptors (Lipinski definition) is 14. The molecule has 0 spiro atoms. The maximum atomic E-state index is 12.9. The first-order chi connectivity index (χ1) is 29.5. The predicted octanol–water partition coefficient (Wildman–Crippen LogP) is 8.61. The first kappa shape index (κ1) is 46.8. The molecule has 4 aromatic carbocycles. The SMILES string of the molecule is C=CC(=O)OCCOCCNC(=O)OCCc1ccc(N=Nc2ccc(OC(=O)c3ccc(OC(=O)c4ccc(OCCCCOC(=O)C(C)CC)cc4)cc3)c(C)c2)cc1. The molecule has 15 heteroatoms. The van der Waals surface area contributed by atoms with Crippen molar-refractivity contribution in [1.82, 2.24) is 5.32 Å². The van der Waals surface area contributed by atoms with Gasteiger partial charge in [-0.3, -0.25) is 4.79 Å². The zero-order valence-corrected chi connectivity index (χ0v) is 34.6. The molecule has 322 valence electrons. The van der Waals surface area contributed by atoms with Gasteiger partial charge in [0, 0.05) is 19.0 Å². The molecule has 0 saturated heterocycles. The summed E-state index contributed by atoms with van der Waals surface area (Å²) in [6.07, 6.45) is 3.16. The summed E-state index contributed by atoms with van der Waals surface area (Å²) in [5.74, 6) is -0.746. The summed E-state index contributed by atoms with van der Waals surface area (Å²) in [6, 6.07) is 25.0. The van der Waals surface area contributed by atoms with E-state index in [1.165, 1.54) is 24.3 Å². The quantitative estimate of drug-likeness (QED) is 0.0177. The summed E-state index contributed by atoms with van der Waals surface area (Å²) in [4.78, 5) is 60.2. The van der Waals surface area contributed by atoms with Gasteiger partial charge in [0.05, 0.1) is 61.5 Å². The number of azo groups is 1. The van der Waals surface area contributed by atoms with Crippen molar-refractivity contribution in [1.29, 1.82) is 0 Å². The van der Waals surface area contributed by atoms with Crippen molar-refractivity contribution < 1.29 is 57.1 Å². The first-order valence-corrected chi connectivity index (χ1v) is 19.9. The molecular formula is C46H51N3O12. The van der Waals surface area contributed by atoms with Crippen molar-refractivity contribution in [3.63, 3.8) is 0 Å². The largest absolute Gasteiger partial charge is 0.494 e. The van der Waals surface area contributed by atoms with Crippen molar-refractivity contribution in [3.05, 3.63) is 126 Å². The lowest BCUT2D eigenvalue weighted by Gasteiger charge is -2.10. The molecule has 0 aliphatic heterocycles. The van der Waals surface area contributed by atoms with Crippen LogP contribution in [-0.4, -0.2) is 76.2 Å². The van der Waals surface area contributed by atoms with Crippen molar-refractivity contribution in [2.45, 2.75) is 46.5 Å². The maximum Gasteiger partial charge on any atom is 0.407 e. The third-order valence-corrected chi connectivity index (χ3v) is 8.81. The number of alkyl carbamates (subject to hydrolysis) is 1. The Morgan fingerprint density at radius 2 is 1.33 bits per heavy atom. The van der Waals surface area contributed by atoms with E-state index in [-0.39, 0.29) is 56.2 Å². The number of carbonyl (C=O) groups excluding carboxylic acids is 5. The van der Waals surface area contributed by atoms with Gasteiger partial charge in [0.2, 0.25) is 0 Å². The number of nitrogens with one attached hydrogen (secondary N) is 1. The summed E-state index contributed by atoms with van der Waals surface area (Å²) in [7, 11) is 0. The van der Waals surface area contributed by atoms with E-state index in [0.29, 0.717) is 66.5 Å². The van der Waals surface area contributed by atoms with Gasteiger partial charge in [-0.2, -0.15) is 10.2 Å². The van der Waals surface area contributed by atoms with Crippen molar-refractivity contribution in [2.24, 2.45) is 16.1 Å². The van der Waals surface area contributed by atoms with Gasteiger partial charge in [-0.1, -0.05) is 32.6 Å². The van der Waals surface area contributed by atoms with E-state index in [2.05, 4.69) is 22.1 Å². The number of nitrogens with zero attached hydrogens (tertiary/aromatic N) is 2. The molecule has 0 aromatic heterocycles. The zero-order valence-electron chi connectivity index (χ0n) is 34.6. The fourth-order valence-corrected chi connectivity index (χ4v) is 5.10. The average Bonchev–Trinajstić information content (AvgIpc) is 3.27. The van der Waals surface area contributed by atoms with E-state index in [9.17, 15) is 24.0 Å². The molecule has 15 nitrogen and oxygen atoms in total.